The number of halogens is 3. The summed E-state index contributed by atoms with van der Waals surface area (Å²) in [5.74, 6) is -0.407. The second-order valence-electron chi connectivity index (χ2n) is 4.77. The van der Waals surface area contributed by atoms with Crippen LogP contribution in [0.4, 0.5) is 18.3 Å². The van der Waals surface area contributed by atoms with E-state index in [0.717, 1.165) is 11.3 Å². The SMILES string of the molecule is CCN(CC)C(=O)C[n+]1c(N)sc2cc(OC(F)(F)F)ccc21. The maximum atomic E-state index is 12.3. The lowest BCUT2D eigenvalue weighted by atomic mass is 10.3. The summed E-state index contributed by atoms with van der Waals surface area (Å²) in [6.07, 6.45) is -4.74. The quantitative estimate of drug-likeness (QED) is 0.845. The number of fused-ring (bicyclic) bond motifs is 1. The molecule has 9 heteroatoms. The van der Waals surface area contributed by atoms with Crippen LogP contribution >= 0.6 is 11.3 Å². The monoisotopic (exact) mass is 348 g/mol. The summed E-state index contributed by atoms with van der Waals surface area (Å²) in [4.78, 5) is 13.9. The Hall–Kier alpha value is -2.03. The molecule has 1 aromatic heterocycles. The lowest BCUT2D eigenvalue weighted by Gasteiger charge is -2.17. The van der Waals surface area contributed by atoms with Crippen molar-refractivity contribution >= 4 is 32.6 Å². The fourth-order valence-electron chi connectivity index (χ4n) is 2.26. The second-order valence-corrected chi connectivity index (χ2v) is 5.83. The first kappa shape index (κ1) is 17.3. The zero-order valence-electron chi connectivity index (χ0n) is 12.7. The molecular formula is C14H17F3N3O2S+. The summed E-state index contributed by atoms with van der Waals surface area (Å²) >= 11 is 1.11. The summed E-state index contributed by atoms with van der Waals surface area (Å²) in [6, 6.07) is 3.95. The highest BCUT2D eigenvalue weighted by Gasteiger charge is 2.31. The molecule has 0 atom stereocenters. The molecule has 1 aromatic carbocycles. The maximum absolute atomic E-state index is 12.3. The van der Waals surface area contributed by atoms with Gasteiger partial charge in [0.25, 0.3) is 5.91 Å². The molecule has 1 amide bonds. The number of carbonyl (C=O) groups excluding carboxylic acids is 1. The smallest absolute Gasteiger partial charge is 0.406 e. The molecule has 0 spiro atoms. The van der Waals surface area contributed by atoms with Crippen LogP contribution in [0.3, 0.4) is 0 Å². The molecule has 2 N–H and O–H groups in total. The van der Waals surface area contributed by atoms with Crippen molar-refractivity contribution in [3.63, 3.8) is 0 Å². The number of thiazole rings is 1. The number of benzene rings is 1. The van der Waals surface area contributed by atoms with Crippen LogP contribution in [0.15, 0.2) is 18.2 Å². The molecule has 0 aliphatic rings. The van der Waals surface area contributed by atoms with E-state index in [4.69, 9.17) is 5.73 Å². The van der Waals surface area contributed by atoms with Crippen LogP contribution in [-0.2, 0) is 11.3 Å². The van der Waals surface area contributed by atoms with E-state index >= 15 is 0 Å². The molecular weight excluding hydrogens is 331 g/mol. The number of nitrogens with zero attached hydrogens (tertiary/aromatic N) is 2. The van der Waals surface area contributed by atoms with Crippen molar-refractivity contribution in [2.75, 3.05) is 18.8 Å². The number of hydrogen-bond acceptors (Lipinski definition) is 4. The summed E-state index contributed by atoms with van der Waals surface area (Å²) in [5, 5.41) is 0.352. The Morgan fingerprint density at radius 3 is 2.57 bits per heavy atom. The van der Waals surface area contributed by atoms with E-state index < -0.39 is 6.36 Å². The molecule has 5 nitrogen and oxygen atoms in total. The zero-order chi connectivity index (χ0) is 17.2. The van der Waals surface area contributed by atoms with Gasteiger partial charge in [0.2, 0.25) is 0 Å². The van der Waals surface area contributed by atoms with E-state index in [9.17, 15) is 18.0 Å². The number of anilines is 1. The Kier molecular flexibility index (Phi) is 4.98. The van der Waals surface area contributed by atoms with Gasteiger partial charge in [-0.15, -0.1) is 13.2 Å². The number of nitrogens with two attached hydrogens (primary N) is 1. The average molecular weight is 348 g/mol. The van der Waals surface area contributed by atoms with E-state index in [0.29, 0.717) is 28.4 Å². The van der Waals surface area contributed by atoms with Crippen molar-refractivity contribution in [1.82, 2.24) is 4.90 Å². The van der Waals surface area contributed by atoms with Crippen molar-refractivity contribution in [2.24, 2.45) is 0 Å². The Balaban J connectivity index is 2.31. The highest BCUT2D eigenvalue weighted by atomic mass is 32.1. The summed E-state index contributed by atoms with van der Waals surface area (Å²) in [7, 11) is 0. The number of alkyl halides is 3. The molecule has 2 aromatic rings. The normalized spacial score (nSPS) is 11.7. The highest BCUT2D eigenvalue weighted by Crippen LogP contribution is 2.29. The molecule has 0 fully saturated rings. The average Bonchev–Trinajstić information content (AvgIpc) is 2.74. The summed E-state index contributed by atoms with van der Waals surface area (Å²) in [5.41, 5.74) is 6.51. The molecule has 0 saturated heterocycles. The molecule has 0 aliphatic heterocycles. The molecule has 0 aliphatic carbocycles. The molecule has 126 valence electrons. The van der Waals surface area contributed by atoms with Crippen LogP contribution in [0, 0.1) is 0 Å². The van der Waals surface area contributed by atoms with Crippen molar-refractivity contribution in [3.05, 3.63) is 18.2 Å². The number of aromatic nitrogens is 1. The molecule has 1 heterocycles. The van der Waals surface area contributed by atoms with Gasteiger partial charge in [-0.3, -0.25) is 10.5 Å². The predicted octanol–water partition coefficient (Wildman–Crippen LogP) is 2.54. The van der Waals surface area contributed by atoms with Crippen LogP contribution in [-0.4, -0.2) is 30.3 Å². The largest absolute Gasteiger partial charge is 0.573 e. The lowest BCUT2D eigenvalue weighted by Crippen LogP contribution is -2.45. The summed E-state index contributed by atoms with van der Waals surface area (Å²) < 4.78 is 42.8. The minimum atomic E-state index is -4.74. The minimum absolute atomic E-state index is 0.0486. The predicted molar refractivity (Wildman–Crippen MR) is 81.0 cm³/mol. The number of amides is 1. The number of ether oxygens (including phenoxy) is 1. The third-order valence-corrected chi connectivity index (χ3v) is 4.32. The fraction of sp³-hybridized carbons (Fsp3) is 0.429. The third kappa shape index (κ3) is 4.04. The van der Waals surface area contributed by atoms with Crippen molar-refractivity contribution in [1.29, 1.82) is 0 Å². The first-order valence-corrected chi connectivity index (χ1v) is 7.82. The second kappa shape index (κ2) is 6.61. The Bertz CT molecular complexity index is 711. The van der Waals surface area contributed by atoms with Gasteiger partial charge in [-0.25, -0.2) is 4.57 Å². The highest BCUT2D eigenvalue weighted by molar-refractivity contribution is 7.21. The van der Waals surface area contributed by atoms with Gasteiger partial charge < -0.3 is 9.64 Å². The lowest BCUT2D eigenvalue weighted by molar-refractivity contribution is -0.641. The van der Waals surface area contributed by atoms with Gasteiger partial charge in [-0.1, -0.05) is 0 Å². The molecule has 0 radical (unpaired) electrons. The van der Waals surface area contributed by atoms with E-state index in [2.05, 4.69) is 4.74 Å². The van der Waals surface area contributed by atoms with Crippen LogP contribution < -0.4 is 15.0 Å². The minimum Gasteiger partial charge on any atom is -0.406 e. The van der Waals surface area contributed by atoms with Crippen LogP contribution in [0.25, 0.3) is 10.2 Å². The summed E-state index contributed by atoms with van der Waals surface area (Å²) in [6.45, 7) is 4.97. The van der Waals surface area contributed by atoms with E-state index in [-0.39, 0.29) is 18.2 Å². The van der Waals surface area contributed by atoms with Crippen LogP contribution in [0.5, 0.6) is 5.75 Å². The molecule has 0 bridgehead atoms. The number of likely N-dealkylation sites (N-methyl/N-ethyl adjacent to an activating group) is 1. The first-order valence-electron chi connectivity index (χ1n) is 7.00. The van der Waals surface area contributed by atoms with Gasteiger partial charge in [0.1, 0.15) is 11.3 Å². The number of hydrogen-bond donors (Lipinski definition) is 1. The number of nitrogen functional groups attached to an aromatic ring is 1. The van der Waals surface area contributed by atoms with E-state index in [1.54, 1.807) is 9.47 Å². The van der Waals surface area contributed by atoms with E-state index in [1.807, 2.05) is 13.8 Å². The molecule has 23 heavy (non-hydrogen) atoms. The third-order valence-electron chi connectivity index (χ3n) is 3.35. The van der Waals surface area contributed by atoms with Crippen LogP contribution in [0.1, 0.15) is 13.8 Å². The maximum Gasteiger partial charge on any atom is 0.573 e. The van der Waals surface area contributed by atoms with Gasteiger partial charge in [-0.05, 0) is 37.3 Å². The topological polar surface area (TPSA) is 59.4 Å². The van der Waals surface area contributed by atoms with Crippen molar-refractivity contribution in [2.45, 2.75) is 26.8 Å². The first-order chi connectivity index (χ1) is 10.7. The van der Waals surface area contributed by atoms with Gasteiger partial charge in [0.15, 0.2) is 6.54 Å². The fourth-order valence-corrected chi connectivity index (χ4v) is 3.21. The standard InChI is InChI=1S/C14H16F3N3O2S/c1-3-19(4-2)12(21)8-20-10-6-5-9(22-14(15,16)17)7-11(10)23-13(20)18/h5-7,18H,3-4,8H2,1-2H3/p+1. The van der Waals surface area contributed by atoms with Crippen molar-refractivity contribution in [3.8, 4) is 5.75 Å². The van der Waals surface area contributed by atoms with Crippen molar-refractivity contribution < 1.29 is 27.3 Å². The Morgan fingerprint density at radius 1 is 1.35 bits per heavy atom. The molecule has 0 unspecified atom stereocenters. The van der Waals surface area contributed by atoms with E-state index in [1.165, 1.54) is 18.2 Å². The molecule has 2 rings (SSSR count). The Morgan fingerprint density at radius 2 is 2.00 bits per heavy atom. The number of rotatable bonds is 5. The van der Waals surface area contributed by atoms with Gasteiger partial charge in [0.05, 0.1) is 4.70 Å². The van der Waals surface area contributed by atoms with Gasteiger partial charge >= 0.3 is 11.5 Å². The molecule has 0 saturated carbocycles. The van der Waals surface area contributed by atoms with Crippen LogP contribution in [0.2, 0.25) is 0 Å². The Labute approximate surface area is 135 Å². The van der Waals surface area contributed by atoms with Gasteiger partial charge in [-0.2, -0.15) is 0 Å². The number of carbonyl (C=O) groups is 1. The van der Waals surface area contributed by atoms with Gasteiger partial charge in [0, 0.05) is 19.2 Å². The zero-order valence-corrected chi connectivity index (χ0v) is 13.5.